The number of benzene rings is 1. The van der Waals surface area contributed by atoms with E-state index in [9.17, 15) is 0 Å². The van der Waals surface area contributed by atoms with Crippen molar-refractivity contribution < 1.29 is 0 Å². The molecule has 0 bridgehead atoms. The third-order valence-corrected chi connectivity index (χ3v) is 21.6. The molecule has 7 aliphatic carbocycles. The summed E-state index contributed by atoms with van der Waals surface area (Å²) in [6, 6.07) is 7.47. The average molecular weight is 807 g/mol. The SMILES string of the molecule is CC(C)(C)C1=CC2B3C4=CC(C5CCCCC5)=CCC4N(C4CCCC5C6C=CC=CC6SC54)c4cc(C5CCCCC5)cc(c43)N3C2C(C1)C1(CCCCC1)C3(C)C. The molecule has 4 aliphatic heterocycles. The number of anilines is 2. The first kappa shape index (κ1) is 38.6. The molecule has 9 atom stereocenters. The lowest BCUT2D eigenvalue weighted by Crippen LogP contribution is -2.67. The van der Waals surface area contributed by atoms with Crippen molar-refractivity contribution in [3.8, 4) is 0 Å². The second kappa shape index (κ2) is 14.2. The van der Waals surface area contributed by atoms with Crippen molar-refractivity contribution in [2.24, 2.45) is 34.5 Å². The monoisotopic (exact) mass is 807 g/mol. The Balaban J connectivity index is 1.11. The summed E-state index contributed by atoms with van der Waals surface area (Å²) >= 11 is 2.39. The summed E-state index contributed by atoms with van der Waals surface area (Å²) in [6.07, 6.45) is 46.6. The summed E-state index contributed by atoms with van der Waals surface area (Å²) in [6.45, 7) is 13.7. The minimum Gasteiger partial charge on any atom is -0.363 e. The zero-order chi connectivity index (χ0) is 39.8. The van der Waals surface area contributed by atoms with Crippen molar-refractivity contribution in [3.63, 3.8) is 0 Å². The van der Waals surface area contributed by atoms with Gasteiger partial charge in [0.2, 0.25) is 6.71 Å². The third-order valence-electron chi connectivity index (χ3n) is 19.8. The lowest BCUT2D eigenvalue weighted by molar-refractivity contribution is 0.0600. The van der Waals surface area contributed by atoms with E-state index in [1.165, 1.54) is 128 Å². The first-order valence-corrected chi connectivity index (χ1v) is 26.5. The Labute approximate surface area is 363 Å². The van der Waals surface area contributed by atoms with E-state index in [0.717, 1.165) is 23.7 Å². The Morgan fingerprint density at radius 3 is 2.25 bits per heavy atom. The van der Waals surface area contributed by atoms with Gasteiger partial charge in [0.25, 0.3) is 0 Å². The van der Waals surface area contributed by atoms with Crippen LogP contribution in [0.1, 0.15) is 175 Å². The highest BCUT2D eigenvalue weighted by Crippen LogP contribution is 2.69. The molecule has 2 nitrogen and oxygen atoms in total. The Bertz CT molecular complexity index is 1990. The van der Waals surface area contributed by atoms with Crippen LogP contribution >= 0.6 is 11.8 Å². The minimum absolute atomic E-state index is 0.132. The fourth-order valence-corrected chi connectivity index (χ4v) is 19.0. The van der Waals surface area contributed by atoms with Crippen LogP contribution in [0.2, 0.25) is 5.82 Å². The molecule has 0 aromatic heterocycles. The highest BCUT2D eigenvalue weighted by Gasteiger charge is 2.69. The maximum absolute atomic E-state index is 3.23. The van der Waals surface area contributed by atoms with Gasteiger partial charge in [-0.05, 0) is 153 Å². The van der Waals surface area contributed by atoms with Gasteiger partial charge in [0.1, 0.15) is 0 Å². The number of hydrogen-bond acceptors (Lipinski definition) is 3. The number of rotatable bonds is 3. The van der Waals surface area contributed by atoms with E-state index in [1.54, 1.807) is 33.5 Å². The molecule has 2 saturated heterocycles. The third kappa shape index (κ3) is 5.70. The number of allylic oxidation sites excluding steroid dienone is 6. The summed E-state index contributed by atoms with van der Waals surface area (Å²) in [5.74, 6) is 4.29. The van der Waals surface area contributed by atoms with Crippen molar-refractivity contribution in [2.45, 2.75) is 209 Å². The van der Waals surface area contributed by atoms with Crippen molar-refractivity contribution in [2.75, 3.05) is 9.80 Å². The molecule has 11 aliphatic rings. The zero-order valence-corrected chi connectivity index (χ0v) is 38.4. The highest BCUT2D eigenvalue weighted by atomic mass is 32.2. The molecule has 0 radical (unpaired) electrons. The normalized spacial score (nSPS) is 38.2. The van der Waals surface area contributed by atoms with Crippen LogP contribution in [0.4, 0.5) is 11.4 Å². The average Bonchev–Trinajstić information content (AvgIpc) is 3.73. The maximum atomic E-state index is 3.23. The zero-order valence-electron chi connectivity index (χ0n) is 37.6. The molecule has 9 unspecified atom stereocenters. The van der Waals surface area contributed by atoms with E-state index < -0.39 is 0 Å². The molecule has 4 heterocycles. The Morgan fingerprint density at radius 2 is 1.49 bits per heavy atom. The number of thioether (sulfide) groups is 1. The van der Waals surface area contributed by atoms with Crippen LogP contribution in [0.5, 0.6) is 0 Å². The fourth-order valence-electron chi connectivity index (χ4n) is 17.1. The summed E-state index contributed by atoms with van der Waals surface area (Å²) in [5.41, 5.74) is 13.0. The number of fused-ring (bicyclic) bond motifs is 8. The smallest absolute Gasteiger partial charge is 0.221 e. The van der Waals surface area contributed by atoms with E-state index >= 15 is 0 Å². The standard InChI is InChI=1S/C55H75BN2S/c1-53(2,3)39-33-42-51-44(34-39)56-43-30-37(35-18-9-6-10-19-35)26-27-45(43)57(46-24-17-23-41-40-22-13-14-25-49(40)59-52(41)46)47-31-38(36-20-11-7-12-21-36)32-48(50(47)56)58(51)54(4,5)55(42)28-15-8-16-29-55/h13-14,22,25-26,30-32,34-36,40-42,44-46,49,51-52H,6-12,15-21,23-24,27-29,33H2,1-5H3. The second-order valence-electron chi connectivity index (χ2n) is 23.7. The predicted molar refractivity (Wildman–Crippen MR) is 255 cm³/mol. The molecule has 4 saturated carbocycles. The molecular weight excluding hydrogens is 731 g/mol. The van der Waals surface area contributed by atoms with E-state index in [1.807, 2.05) is 5.47 Å². The predicted octanol–water partition coefficient (Wildman–Crippen LogP) is 13.7. The molecule has 4 heteroatoms. The molecule has 1 spiro atoms. The quantitative estimate of drug-likeness (QED) is 0.222. The van der Waals surface area contributed by atoms with Gasteiger partial charge >= 0.3 is 0 Å². The summed E-state index contributed by atoms with van der Waals surface area (Å²) in [7, 11) is 0. The molecule has 12 rings (SSSR count). The van der Waals surface area contributed by atoms with Gasteiger partial charge in [-0.1, -0.05) is 139 Å². The topological polar surface area (TPSA) is 6.48 Å². The lowest BCUT2D eigenvalue weighted by Gasteiger charge is -2.58. The van der Waals surface area contributed by atoms with Crippen molar-refractivity contribution in [1.82, 2.24) is 0 Å². The van der Waals surface area contributed by atoms with Gasteiger partial charge < -0.3 is 9.80 Å². The fraction of sp³-hybridized carbons (Fsp3) is 0.709. The van der Waals surface area contributed by atoms with Crippen molar-refractivity contribution in [3.05, 3.63) is 76.8 Å². The molecule has 1 aromatic rings. The van der Waals surface area contributed by atoms with Crippen LogP contribution in [0.25, 0.3) is 0 Å². The van der Waals surface area contributed by atoms with Gasteiger partial charge in [0.05, 0.1) is 0 Å². The van der Waals surface area contributed by atoms with E-state index in [0.29, 0.717) is 52.5 Å². The lowest BCUT2D eigenvalue weighted by atomic mass is 9.26. The van der Waals surface area contributed by atoms with Gasteiger partial charge in [-0.15, -0.1) is 11.8 Å². The highest BCUT2D eigenvalue weighted by molar-refractivity contribution is 8.01. The molecule has 314 valence electrons. The van der Waals surface area contributed by atoms with Crippen LogP contribution in [0, 0.1) is 34.5 Å². The summed E-state index contributed by atoms with van der Waals surface area (Å²) < 4.78 is 0. The molecular formula is C55H75BN2S. The van der Waals surface area contributed by atoms with Crippen LogP contribution in [0.3, 0.4) is 0 Å². The largest absolute Gasteiger partial charge is 0.363 e. The molecule has 0 amide bonds. The minimum atomic E-state index is 0.132. The van der Waals surface area contributed by atoms with Crippen LogP contribution in [-0.4, -0.2) is 40.9 Å². The van der Waals surface area contributed by atoms with Gasteiger partial charge in [0, 0.05) is 45.5 Å². The van der Waals surface area contributed by atoms with Crippen molar-refractivity contribution >= 4 is 35.3 Å². The van der Waals surface area contributed by atoms with Crippen LogP contribution < -0.4 is 15.3 Å². The number of hydrogen-bond donors (Lipinski definition) is 0. The Kier molecular flexibility index (Phi) is 9.31. The molecule has 0 N–H and O–H groups in total. The Morgan fingerprint density at radius 1 is 0.780 bits per heavy atom. The van der Waals surface area contributed by atoms with Crippen LogP contribution in [0.15, 0.2) is 71.3 Å². The van der Waals surface area contributed by atoms with Gasteiger partial charge in [-0.3, -0.25) is 0 Å². The van der Waals surface area contributed by atoms with Crippen molar-refractivity contribution in [1.29, 1.82) is 0 Å². The first-order valence-electron chi connectivity index (χ1n) is 25.5. The number of nitrogens with zero attached hydrogens (tertiary/aromatic N) is 2. The van der Waals surface area contributed by atoms with E-state index in [4.69, 9.17) is 0 Å². The summed E-state index contributed by atoms with van der Waals surface area (Å²) in [5, 5.41) is 1.37. The maximum Gasteiger partial charge on any atom is 0.221 e. The van der Waals surface area contributed by atoms with Gasteiger partial charge in [0.15, 0.2) is 0 Å². The molecule has 59 heavy (non-hydrogen) atoms. The molecule has 6 fully saturated rings. The van der Waals surface area contributed by atoms with Crippen LogP contribution in [-0.2, 0) is 0 Å². The molecule has 1 aromatic carbocycles. The van der Waals surface area contributed by atoms with E-state index in [2.05, 4.69) is 111 Å². The van der Waals surface area contributed by atoms with Gasteiger partial charge in [-0.2, -0.15) is 0 Å². The second-order valence-corrected chi connectivity index (χ2v) is 25.0. The summed E-state index contributed by atoms with van der Waals surface area (Å²) in [4.78, 5) is 6.45. The van der Waals surface area contributed by atoms with E-state index in [-0.39, 0.29) is 11.0 Å². The van der Waals surface area contributed by atoms with Gasteiger partial charge in [-0.25, -0.2) is 0 Å². The Hall–Kier alpha value is -2.07. The first-order chi connectivity index (χ1) is 28.6.